The summed E-state index contributed by atoms with van der Waals surface area (Å²) < 4.78 is 0. The lowest BCUT2D eigenvalue weighted by atomic mass is 10.1. The molecular formula is C8H11N. The molecule has 1 atom stereocenters. The van der Waals surface area contributed by atoms with Gasteiger partial charge in [-0.25, -0.2) is 0 Å². The molecule has 0 aromatic heterocycles. The number of rotatable bonds is 1. The van der Waals surface area contributed by atoms with E-state index < -0.39 is 0 Å². The van der Waals surface area contributed by atoms with Gasteiger partial charge >= 0.3 is 0 Å². The van der Waals surface area contributed by atoms with Gasteiger partial charge in [-0.3, -0.25) is 0 Å². The molecule has 0 radical (unpaired) electrons. The molecule has 9 heavy (non-hydrogen) atoms. The van der Waals surface area contributed by atoms with Gasteiger partial charge in [0.05, 0.1) is 6.04 Å². The van der Waals surface area contributed by atoms with Crippen molar-refractivity contribution in [2.24, 2.45) is 0 Å². The summed E-state index contributed by atoms with van der Waals surface area (Å²) >= 11 is 0. The predicted octanol–water partition coefficient (Wildman–Crippen LogP) is 1.60. The summed E-state index contributed by atoms with van der Waals surface area (Å²) in [6, 6.07) is 0.327. The minimum Gasteiger partial charge on any atom is -0.381 e. The van der Waals surface area contributed by atoms with Gasteiger partial charge in [-0.2, -0.15) is 0 Å². The normalized spacial score (nSPS) is 24.6. The van der Waals surface area contributed by atoms with Crippen LogP contribution < -0.4 is 5.32 Å². The van der Waals surface area contributed by atoms with E-state index in [0.29, 0.717) is 6.04 Å². The smallest absolute Gasteiger partial charge is 0.0623 e. The highest BCUT2D eigenvalue weighted by atomic mass is 14.9. The lowest BCUT2D eigenvalue weighted by molar-refractivity contribution is 0.820. The van der Waals surface area contributed by atoms with E-state index in [1.165, 1.54) is 5.57 Å². The Labute approximate surface area is 55.8 Å². The molecule has 0 aromatic rings. The third-order valence-electron chi connectivity index (χ3n) is 1.32. The van der Waals surface area contributed by atoms with Gasteiger partial charge in [0, 0.05) is 6.20 Å². The molecular weight excluding hydrogens is 110 g/mol. The number of nitrogens with one attached hydrogen (secondary N) is 1. The van der Waals surface area contributed by atoms with E-state index in [4.69, 9.17) is 0 Å². The van der Waals surface area contributed by atoms with Crippen molar-refractivity contribution < 1.29 is 0 Å². The van der Waals surface area contributed by atoms with Crippen LogP contribution in [0.2, 0.25) is 0 Å². The van der Waals surface area contributed by atoms with Crippen molar-refractivity contribution in [3.05, 3.63) is 36.6 Å². The highest BCUT2D eigenvalue weighted by Gasteiger charge is 1.97. The highest BCUT2D eigenvalue weighted by molar-refractivity contribution is 5.24. The van der Waals surface area contributed by atoms with E-state index >= 15 is 0 Å². The number of allylic oxidation sites excluding steroid dienone is 2. The van der Waals surface area contributed by atoms with Crippen LogP contribution in [0.25, 0.3) is 0 Å². The molecule has 0 aromatic carbocycles. The molecule has 0 spiro atoms. The molecule has 0 aliphatic carbocycles. The summed E-state index contributed by atoms with van der Waals surface area (Å²) in [7, 11) is 0. The molecule has 1 heterocycles. The van der Waals surface area contributed by atoms with Crippen LogP contribution in [-0.2, 0) is 0 Å². The average molecular weight is 121 g/mol. The van der Waals surface area contributed by atoms with Crippen LogP contribution in [0.3, 0.4) is 0 Å². The minimum atomic E-state index is 0.327. The Morgan fingerprint density at radius 3 is 3.00 bits per heavy atom. The van der Waals surface area contributed by atoms with E-state index in [1.807, 2.05) is 12.3 Å². The first-order valence-corrected chi connectivity index (χ1v) is 3.06. The average Bonchev–Trinajstić information content (AvgIpc) is 1.90. The third kappa shape index (κ3) is 1.46. The van der Waals surface area contributed by atoms with E-state index in [9.17, 15) is 0 Å². The van der Waals surface area contributed by atoms with Crippen LogP contribution >= 0.6 is 0 Å². The first-order valence-electron chi connectivity index (χ1n) is 3.06. The van der Waals surface area contributed by atoms with Gasteiger partial charge in [-0.05, 0) is 12.5 Å². The monoisotopic (exact) mass is 121 g/mol. The molecule has 48 valence electrons. The maximum absolute atomic E-state index is 3.67. The molecule has 1 aliphatic rings. The first kappa shape index (κ1) is 6.14. The maximum Gasteiger partial charge on any atom is 0.0623 e. The van der Waals surface area contributed by atoms with Gasteiger partial charge in [-0.1, -0.05) is 18.2 Å². The molecule has 0 bridgehead atoms. The Hall–Kier alpha value is -0.980. The van der Waals surface area contributed by atoms with Crippen LogP contribution in [0.4, 0.5) is 0 Å². The van der Waals surface area contributed by atoms with Crippen LogP contribution in [0.1, 0.15) is 6.92 Å². The standard InChI is InChI=1S/C8H11N/c1-3-8-5-4-7(2)6-9-8/h3-6,8-9H,1H2,2H3. The van der Waals surface area contributed by atoms with Crippen molar-refractivity contribution in [1.29, 1.82) is 0 Å². The van der Waals surface area contributed by atoms with Crippen LogP contribution in [-0.4, -0.2) is 6.04 Å². The highest BCUT2D eigenvalue weighted by Crippen LogP contribution is 2.01. The van der Waals surface area contributed by atoms with Gasteiger partial charge < -0.3 is 5.32 Å². The third-order valence-corrected chi connectivity index (χ3v) is 1.32. The van der Waals surface area contributed by atoms with Crippen molar-refractivity contribution in [3.63, 3.8) is 0 Å². The Morgan fingerprint density at radius 1 is 1.78 bits per heavy atom. The van der Waals surface area contributed by atoms with Crippen molar-refractivity contribution in [2.45, 2.75) is 13.0 Å². The quantitative estimate of drug-likeness (QED) is 0.520. The van der Waals surface area contributed by atoms with Crippen molar-refractivity contribution in [3.8, 4) is 0 Å². The van der Waals surface area contributed by atoms with Crippen LogP contribution in [0.15, 0.2) is 36.6 Å². The summed E-state index contributed by atoms with van der Waals surface area (Å²) in [5, 5.41) is 3.15. The Morgan fingerprint density at radius 2 is 2.56 bits per heavy atom. The topological polar surface area (TPSA) is 12.0 Å². The molecule has 1 rings (SSSR count). The molecule has 1 heteroatoms. The Bertz CT molecular complexity index is 165. The maximum atomic E-state index is 3.67. The molecule has 1 aliphatic heterocycles. The van der Waals surface area contributed by atoms with Crippen LogP contribution in [0, 0.1) is 0 Å². The van der Waals surface area contributed by atoms with Crippen molar-refractivity contribution in [2.75, 3.05) is 0 Å². The summed E-state index contributed by atoms with van der Waals surface area (Å²) in [6.07, 6.45) is 8.04. The molecule has 1 nitrogen and oxygen atoms in total. The van der Waals surface area contributed by atoms with Crippen LogP contribution in [0.5, 0.6) is 0 Å². The Kier molecular flexibility index (Phi) is 1.73. The largest absolute Gasteiger partial charge is 0.381 e. The van der Waals surface area contributed by atoms with Crippen molar-refractivity contribution in [1.82, 2.24) is 5.32 Å². The minimum absolute atomic E-state index is 0.327. The van der Waals surface area contributed by atoms with Gasteiger partial charge in [-0.15, -0.1) is 6.58 Å². The number of hydrogen-bond acceptors (Lipinski definition) is 1. The zero-order valence-corrected chi connectivity index (χ0v) is 5.59. The second-order valence-electron chi connectivity index (χ2n) is 2.18. The van der Waals surface area contributed by atoms with Gasteiger partial charge in [0.25, 0.3) is 0 Å². The van der Waals surface area contributed by atoms with E-state index in [-0.39, 0.29) is 0 Å². The van der Waals surface area contributed by atoms with Gasteiger partial charge in [0.2, 0.25) is 0 Å². The van der Waals surface area contributed by atoms with E-state index in [0.717, 1.165) is 0 Å². The molecule has 0 saturated carbocycles. The number of hydrogen-bond donors (Lipinski definition) is 1. The van der Waals surface area contributed by atoms with Gasteiger partial charge in [0.1, 0.15) is 0 Å². The fraction of sp³-hybridized carbons (Fsp3) is 0.250. The molecule has 0 saturated heterocycles. The fourth-order valence-corrected chi connectivity index (χ4v) is 0.733. The summed E-state index contributed by atoms with van der Waals surface area (Å²) in [4.78, 5) is 0. The molecule has 1 N–H and O–H groups in total. The summed E-state index contributed by atoms with van der Waals surface area (Å²) in [6.45, 7) is 5.72. The lowest BCUT2D eigenvalue weighted by Crippen LogP contribution is -2.21. The second kappa shape index (κ2) is 2.53. The van der Waals surface area contributed by atoms with Crippen molar-refractivity contribution >= 4 is 0 Å². The zero-order chi connectivity index (χ0) is 6.69. The predicted molar refractivity (Wildman–Crippen MR) is 40.0 cm³/mol. The molecule has 0 amide bonds. The number of dihydropyridines is 1. The van der Waals surface area contributed by atoms with Gasteiger partial charge in [0.15, 0.2) is 0 Å². The van der Waals surface area contributed by atoms with E-state index in [2.05, 4.69) is 31.0 Å². The first-order chi connectivity index (χ1) is 4.33. The van der Waals surface area contributed by atoms with E-state index in [1.54, 1.807) is 0 Å². The zero-order valence-electron chi connectivity index (χ0n) is 5.59. The fourth-order valence-electron chi connectivity index (χ4n) is 0.733. The molecule has 0 fully saturated rings. The second-order valence-corrected chi connectivity index (χ2v) is 2.18. The molecule has 1 unspecified atom stereocenters. The summed E-state index contributed by atoms with van der Waals surface area (Å²) in [5.74, 6) is 0. The lowest BCUT2D eigenvalue weighted by Gasteiger charge is -2.12. The Balaban J connectivity index is 2.58. The SMILES string of the molecule is C=CC1C=CC(C)=CN1. The summed E-state index contributed by atoms with van der Waals surface area (Å²) in [5.41, 5.74) is 1.26.